The van der Waals surface area contributed by atoms with Gasteiger partial charge in [-0.25, -0.2) is 9.97 Å². The van der Waals surface area contributed by atoms with Gasteiger partial charge in [0.05, 0.1) is 0 Å². The fourth-order valence-electron chi connectivity index (χ4n) is 3.34. The van der Waals surface area contributed by atoms with Crippen LogP contribution < -0.4 is 10.2 Å². The van der Waals surface area contributed by atoms with E-state index in [9.17, 15) is 0 Å². The summed E-state index contributed by atoms with van der Waals surface area (Å²) in [6.45, 7) is 8.88. The minimum absolute atomic E-state index is 0.182. The standard InChI is InChI=1S/C16H26N4/c1-16(2,3)19-10-12-6-5-9-20(12)15-13-7-4-8-14(13)17-11-18-15/h11-12,19H,4-10H2,1-3H3. The summed E-state index contributed by atoms with van der Waals surface area (Å²) in [6.07, 6.45) is 7.81. The highest BCUT2D eigenvalue weighted by Crippen LogP contribution is 2.32. The van der Waals surface area contributed by atoms with Crippen molar-refractivity contribution in [2.75, 3.05) is 18.0 Å². The van der Waals surface area contributed by atoms with Crippen LogP contribution in [0, 0.1) is 0 Å². The topological polar surface area (TPSA) is 41.0 Å². The molecule has 1 fully saturated rings. The zero-order chi connectivity index (χ0) is 14.2. The molecule has 1 atom stereocenters. The van der Waals surface area contributed by atoms with Gasteiger partial charge in [0.15, 0.2) is 0 Å². The number of fused-ring (bicyclic) bond motifs is 1. The van der Waals surface area contributed by atoms with Crippen LogP contribution in [-0.4, -0.2) is 34.6 Å². The molecule has 1 aliphatic carbocycles. The second-order valence-electron chi connectivity index (χ2n) is 7.10. The van der Waals surface area contributed by atoms with Crippen LogP contribution in [0.15, 0.2) is 6.33 Å². The summed E-state index contributed by atoms with van der Waals surface area (Å²) in [4.78, 5) is 11.6. The van der Waals surface area contributed by atoms with Gasteiger partial charge in [0.2, 0.25) is 0 Å². The molecular weight excluding hydrogens is 248 g/mol. The van der Waals surface area contributed by atoms with Crippen LogP contribution >= 0.6 is 0 Å². The quantitative estimate of drug-likeness (QED) is 0.918. The zero-order valence-corrected chi connectivity index (χ0v) is 12.9. The first-order chi connectivity index (χ1) is 9.54. The third-order valence-electron chi connectivity index (χ3n) is 4.37. The molecule has 0 saturated carbocycles. The Hall–Kier alpha value is -1.16. The molecule has 1 unspecified atom stereocenters. The molecule has 2 aliphatic rings. The zero-order valence-electron chi connectivity index (χ0n) is 12.9. The van der Waals surface area contributed by atoms with Crippen molar-refractivity contribution in [1.82, 2.24) is 15.3 Å². The summed E-state index contributed by atoms with van der Waals surface area (Å²) < 4.78 is 0. The third kappa shape index (κ3) is 2.80. The molecule has 110 valence electrons. The first-order valence-electron chi connectivity index (χ1n) is 7.89. The first-order valence-corrected chi connectivity index (χ1v) is 7.89. The molecule has 0 radical (unpaired) electrons. The van der Waals surface area contributed by atoms with Crippen molar-refractivity contribution in [3.05, 3.63) is 17.6 Å². The van der Waals surface area contributed by atoms with Gasteiger partial charge in [0.1, 0.15) is 12.1 Å². The summed E-state index contributed by atoms with van der Waals surface area (Å²) in [6, 6.07) is 0.578. The van der Waals surface area contributed by atoms with E-state index in [1.165, 1.54) is 36.3 Å². The Labute approximate surface area is 122 Å². The van der Waals surface area contributed by atoms with Gasteiger partial charge in [0.25, 0.3) is 0 Å². The highest BCUT2D eigenvalue weighted by atomic mass is 15.3. The highest BCUT2D eigenvalue weighted by Gasteiger charge is 2.30. The molecule has 0 bridgehead atoms. The van der Waals surface area contributed by atoms with E-state index in [1.807, 2.05) is 0 Å². The number of aryl methyl sites for hydroxylation is 1. The van der Waals surface area contributed by atoms with E-state index in [1.54, 1.807) is 6.33 Å². The molecule has 3 rings (SSSR count). The van der Waals surface area contributed by atoms with Gasteiger partial charge in [-0.2, -0.15) is 0 Å². The minimum atomic E-state index is 0.182. The molecule has 1 N–H and O–H groups in total. The van der Waals surface area contributed by atoms with Crippen LogP contribution in [0.5, 0.6) is 0 Å². The summed E-state index contributed by atoms with van der Waals surface area (Å²) >= 11 is 0. The molecule has 1 aliphatic heterocycles. The van der Waals surface area contributed by atoms with Crippen molar-refractivity contribution in [2.24, 2.45) is 0 Å². The third-order valence-corrected chi connectivity index (χ3v) is 4.37. The Morgan fingerprint density at radius 3 is 2.90 bits per heavy atom. The fourth-order valence-corrected chi connectivity index (χ4v) is 3.34. The molecule has 0 aromatic carbocycles. The lowest BCUT2D eigenvalue weighted by atomic mass is 10.1. The van der Waals surface area contributed by atoms with E-state index in [2.05, 4.69) is 41.0 Å². The van der Waals surface area contributed by atoms with Crippen molar-refractivity contribution in [1.29, 1.82) is 0 Å². The summed E-state index contributed by atoms with van der Waals surface area (Å²) in [5, 5.41) is 3.65. The van der Waals surface area contributed by atoms with Crippen LogP contribution in [0.25, 0.3) is 0 Å². The van der Waals surface area contributed by atoms with Crippen LogP contribution in [0.1, 0.15) is 51.3 Å². The van der Waals surface area contributed by atoms with Crippen molar-refractivity contribution in [3.63, 3.8) is 0 Å². The Morgan fingerprint density at radius 1 is 1.25 bits per heavy atom. The van der Waals surface area contributed by atoms with Gasteiger partial charge in [0, 0.05) is 35.9 Å². The van der Waals surface area contributed by atoms with E-state index >= 15 is 0 Å². The Balaban J connectivity index is 1.77. The first kappa shape index (κ1) is 13.8. The maximum atomic E-state index is 4.61. The van der Waals surface area contributed by atoms with Crippen LogP contribution in [0.3, 0.4) is 0 Å². The summed E-state index contributed by atoms with van der Waals surface area (Å²) in [7, 11) is 0. The lowest BCUT2D eigenvalue weighted by Gasteiger charge is -2.30. The lowest BCUT2D eigenvalue weighted by Crippen LogP contribution is -2.45. The summed E-state index contributed by atoms with van der Waals surface area (Å²) in [5.74, 6) is 1.21. The molecule has 0 spiro atoms. The maximum Gasteiger partial charge on any atom is 0.135 e. The molecule has 0 amide bonds. The molecule has 1 saturated heterocycles. The Bertz CT molecular complexity index is 478. The second-order valence-corrected chi connectivity index (χ2v) is 7.10. The van der Waals surface area contributed by atoms with E-state index < -0.39 is 0 Å². The summed E-state index contributed by atoms with van der Waals surface area (Å²) in [5.41, 5.74) is 2.88. The van der Waals surface area contributed by atoms with Crippen molar-refractivity contribution < 1.29 is 0 Å². The van der Waals surface area contributed by atoms with Crippen molar-refractivity contribution in [2.45, 2.75) is 64.5 Å². The SMILES string of the molecule is CC(C)(C)NCC1CCCN1c1ncnc2c1CCC2. The Morgan fingerprint density at radius 2 is 2.10 bits per heavy atom. The van der Waals surface area contributed by atoms with E-state index in [0.29, 0.717) is 6.04 Å². The number of hydrogen-bond donors (Lipinski definition) is 1. The number of anilines is 1. The largest absolute Gasteiger partial charge is 0.352 e. The number of nitrogens with one attached hydrogen (secondary N) is 1. The van der Waals surface area contributed by atoms with E-state index in [-0.39, 0.29) is 5.54 Å². The van der Waals surface area contributed by atoms with Gasteiger partial charge < -0.3 is 10.2 Å². The fraction of sp³-hybridized carbons (Fsp3) is 0.750. The molecule has 4 nitrogen and oxygen atoms in total. The van der Waals surface area contributed by atoms with Crippen LogP contribution in [-0.2, 0) is 12.8 Å². The number of rotatable bonds is 3. The van der Waals surface area contributed by atoms with Gasteiger partial charge in [-0.05, 0) is 52.9 Å². The van der Waals surface area contributed by atoms with Gasteiger partial charge >= 0.3 is 0 Å². The Kier molecular flexibility index (Phi) is 3.67. The molecule has 1 aromatic heterocycles. The van der Waals surface area contributed by atoms with Crippen LogP contribution in [0.2, 0.25) is 0 Å². The predicted octanol–water partition coefficient (Wildman–Crippen LogP) is 2.32. The van der Waals surface area contributed by atoms with Crippen LogP contribution in [0.4, 0.5) is 5.82 Å². The minimum Gasteiger partial charge on any atom is -0.352 e. The monoisotopic (exact) mass is 274 g/mol. The average Bonchev–Trinajstić information content (AvgIpc) is 3.03. The molecule has 1 aromatic rings. The average molecular weight is 274 g/mol. The molecule has 20 heavy (non-hydrogen) atoms. The van der Waals surface area contributed by atoms with Crippen molar-refractivity contribution in [3.8, 4) is 0 Å². The number of nitrogens with zero attached hydrogens (tertiary/aromatic N) is 3. The molecule has 4 heteroatoms. The number of hydrogen-bond acceptors (Lipinski definition) is 4. The van der Waals surface area contributed by atoms with E-state index in [4.69, 9.17) is 0 Å². The normalized spacial score (nSPS) is 22.4. The lowest BCUT2D eigenvalue weighted by molar-refractivity contribution is 0.404. The molecule has 2 heterocycles. The van der Waals surface area contributed by atoms with Gasteiger partial charge in [-0.1, -0.05) is 0 Å². The van der Waals surface area contributed by atoms with Gasteiger partial charge in [-0.3, -0.25) is 0 Å². The van der Waals surface area contributed by atoms with Gasteiger partial charge in [-0.15, -0.1) is 0 Å². The van der Waals surface area contributed by atoms with Crippen molar-refractivity contribution >= 4 is 5.82 Å². The number of aromatic nitrogens is 2. The molecular formula is C16H26N4. The highest BCUT2D eigenvalue weighted by molar-refractivity contribution is 5.52. The maximum absolute atomic E-state index is 4.61. The smallest absolute Gasteiger partial charge is 0.135 e. The second kappa shape index (κ2) is 5.32. The predicted molar refractivity (Wildman–Crippen MR) is 82.2 cm³/mol. The van der Waals surface area contributed by atoms with E-state index in [0.717, 1.165) is 25.9 Å².